The number of nitriles is 1. The number of halogens is 1. The highest BCUT2D eigenvalue weighted by Crippen LogP contribution is 2.30. The fourth-order valence-electron chi connectivity index (χ4n) is 2.23. The minimum atomic E-state index is -4.05. The van der Waals surface area contributed by atoms with Crippen LogP contribution in [-0.4, -0.2) is 36.4 Å². The lowest BCUT2D eigenvalue weighted by atomic mass is 10.2. The van der Waals surface area contributed by atoms with Crippen LogP contribution in [0.3, 0.4) is 0 Å². The number of rotatable bonds is 3. The highest BCUT2D eigenvalue weighted by Gasteiger charge is 2.40. The van der Waals surface area contributed by atoms with Gasteiger partial charge in [0.2, 0.25) is 10.0 Å². The molecule has 1 aliphatic heterocycles. The van der Waals surface area contributed by atoms with Gasteiger partial charge in [0.25, 0.3) is 0 Å². The maximum absolute atomic E-state index is 12.5. The Labute approximate surface area is 121 Å². The summed E-state index contributed by atoms with van der Waals surface area (Å²) >= 11 is 5.82. The van der Waals surface area contributed by atoms with E-state index in [1.807, 2.05) is 0 Å². The summed E-state index contributed by atoms with van der Waals surface area (Å²) in [6.45, 7) is 0.122. The number of hydrogen-bond donors (Lipinski definition) is 1. The Kier molecular flexibility index (Phi) is 3.99. The molecule has 20 heavy (non-hydrogen) atoms. The summed E-state index contributed by atoms with van der Waals surface area (Å²) in [5.41, 5.74) is -0.162. The molecule has 8 heteroatoms. The zero-order valence-corrected chi connectivity index (χ0v) is 11.9. The van der Waals surface area contributed by atoms with Crippen LogP contribution < -0.4 is 0 Å². The van der Waals surface area contributed by atoms with E-state index in [2.05, 4.69) is 0 Å². The van der Waals surface area contributed by atoms with E-state index in [1.165, 1.54) is 18.2 Å². The van der Waals surface area contributed by atoms with Crippen LogP contribution in [0.2, 0.25) is 5.02 Å². The van der Waals surface area contributed by atoms with Crippen molar-refractivity contribution in [2.75, 3.05) is 6.54 Å². The first-order valence-corrected chi connectivity index (χ1v) is 7.64. The van der Waals surface area contributed by atoms with Crippen LogP contribution in [-0.2, 0) is 14.8 Å². The van der Waals surface area contributed by atoms with Gasteiger partial charge in [0.05, 0.1) is 10.6 Å². The van der Waals surface area contributed by atoms with Gasteiger partial charge in [-0.25, -0.2) is 8.42 Å². The largest absolute Gasteiger partial charge is 0.480 e. The molecule has 2 rings (SSSR count). The molecular formula is C12H11ClN2O4S. The molecule has 1 aromatic carbocycles. The van der Waals surface area contributed by atoms with E-state index >= 15 is 0 Å². The van der Waals surface area contributed by atoms with Gasteiger partial charge in [-0.15, -0.1) is 0 Å². The van der Waals surface area contributed by atoms with Gasteiger partial charge < -0.3 is 5.11 Å². The molecule has 1 N–H and O–H groups in total. The Morgan fingerprint density at radius 2 is 2.20 bits per heavy atom. The average Bonchev–Trinajstić information content (AvgIpc) is 2.88. The second kappa shape index (κ2) is 5.40. The fourth-order valence-corrected chi connectivity index (χ4v) is 4.32. The van der Waals surface area contributed by atoms with Crippen LogP contribution in [0.4, 0.5) is 0 Å². The summed E-state index contributed by atoms with van der Waals surface area (Å²) in [6.07, 6.45) is 0.732. The van der Waals surface area contributed by atoms with Gasteiger partial charge in [-0.05, 0) is 25.0 Å². The van der Waals surface area contributed by atoms with Gasteiger partial charge in [-0.3, -0.25) is 4.79 Å². The number of hydrogen-bond acceptors (Lipinski definition) is 4. The molecule has 1 atom stereocenters. The van der Waals surface area contributed by atoms with E-state index < -0.39 is 22.0 Å². The highest BCUT2D eigenvalue weighted by molar-refractivity contribution is 7.89. The Hall–Kier alpha value is -1.62. The highest BCUT2D eigenvalue weighted by atomic mass is 35.5. The van der Waals surface area contributed by atoms with Crippen molar-refractivity contribution in [2.45, 2.75) is 23.8 Å². The molecule has 1 aromatic rings. The predicted octanol–water partition coefficient (Wildman–Crippen LogP) is 1.45. The third-order valence-electron chi connectivity index (χ3n) is 3.16. The van der Waals surface area contributed by atoms with Crippen LogP contribution in [0.1, 0.15) is 18.4 Å². The second-order valence-electron chi connectivity index (χ2n) is 4.34. The summed E-state index contributed by atoms with van der Waals surface area (Å²) in [7, 11) is -4.05. The minimum absolute atomic E-state index is 0.0275. The Morgan fingerprint density at radius 1 is 1.50 bits per heavy atom. The molecule has 1 saturated heterocycles. The number of aliphatic carboxylic acids is 1. The van der Waals surface area contributed by atoms with Crippen LogP contribution in [0, 0.1) is 11.3 Å². The van der Waals surface area contributed by atoms with Crippen LogP contribution >= 0.6 is 11.6 Å². The third kappa shape index (κ3) is 2.38. The number of nitrogens with zero attached hydrogens (tertiary/aromatic N) is 2. The Bertz CT molecular complexity index is 696. The fraction of sp³-hybridized carbons (Fsp3) is 0.333. The number of carbonyl (C=O) groups is 1. The van der Waals surface area contributed by atoms with Crippen molar-refractivity contribution < 1.29 is 18.3 Å². The smallest absolute Gasteiger partial charge is 0.322 e. The van der Waals surface area contributed by atoms with Gasteiger partial charge in [-0.2, -0.15) is 9.57 Å². The summed E-state index contributed by atoms with van der Waals surface area (Å²) in [5.74, 6) is -1.19. The quantitative estimate of drug-likeness (QED) is 0.910. The van der Waals surface area contributed by atoms with Crippen molar-refractivity contribution in [1.29, 1.82) is 5.26 Å². The molecule has 0 aliphatic carbocycles. The standard InChI is InChI=1S/C12H11ClN2O4S/c13-9-3-1-5-11(8(9)7-14)20(18,19)15-6-2-4-10(15)12(16)17/h1,3,5,10H,2,4,6H2,(H,16,17)/t10-/m0/s1. The zero-order chi connectivity index (χ0) is 14.9. The van der Waals surface area contributed by atoms with E-state index in [0.29, 0.717) is 6.42 Å². The molecule has 1 aliphatic rings. The van der Waals surface area contributed by atoms with E-state index in [9.17, 15) is 13.2 Å². The van der Waals surface area contributed by atoms with Crippen LogP contribution in [0.5, 0.6) is 0 Å². The predicted molar refractivity (Wildman–Crippen MR) is 70.7 cm³/mol. The molecule has 0 saturated carbocycles. The summed E-state index contributed by atoms with van der Waals surface area (Å²) in [5, 5.41) is 18.2. The lowest BCUT2D eigenvalue weighted by Gasteiger charge is -2.21. The Morgan fingerprint density at radius 3 is 2.80 bits per heavy atom. The molecule has 0 aromatic heterocycles. The molecule has 6 nitrogen and oxygen atoms in total. The SMILES string of the molecule is N#Cc1c(Cl)cccc1S(=O)(=O)N1CCC[C@H]1C(=O)O. The van der Waals surface area contributed by atoms with Crippen molar-refractivity contribution in [3.63, 3.8) is 0 Å². The molecule has 1 fully saturated rings. The monoisotopic (exact) mass is 314 g/mol. The molecule has 1 heterocycles. The normalized spacial score (nSPS) is 19.7. The summed E-state index contributed by atoms with van der Waals surface area (Å²) < 4.78 is 26.0. The number of carboxylic acids is 1. The lowest BCUT2D eigenvalue weighted by molar-refractivity contribution is -0.140. The average molecular weight is 315 g/mol. The number of carboxylic acid groups (broad SMARTS) is 1. The van der Waals surface area contributed by atoms with Crippen molar-refractivity contribution in [1.82, 2.24) is 4.31 Å². The molecule has 106 valence electrons. The maximum atomic E-state index is 12.5. The first-order valence-electron chi connectivity index (χ1n) is 5.83. The second-order valence-corrected chi connectivity index (χ2v) is 6.60. The van der Waals surface area contributed by atoms with Crippen LogP contribution in [0.25, 0.3) is 0 Å². The van der Waals surface area contributed by atoms with Gasteiger partial charge in [-0.1, -0.05) is 17.7 Å². The van der Waals surface area contributed by atoms with Gasteiger partial charge in [0.1, 0.15) is 17.0 Å². The van der Waals surface area contributed by atoms with E-state index in [0.717, 1.165) is 4.31 Å². The zero-order valence-electron chi connectivity index (χ0n) is 10.3. The molecule has 0 radical (unpaired) electrons. The van der Waals surface area contributed by atoms with Crippen molar-refractivity contribution in [3.05, 3.63) is 28.8 Å². The van der Waals surface area contributed by atoms with E-state index in [1.54, 1.807) is 6.07 Å². The molecule has 0 bridgehead atoms. The van der Waals surface area contributed by atoms with Gasteiger partial charge >= 0.3 is 5.97 Å². The molecule has 0 unspecified atom stereocenters. The maximum Gasteiger partial charge on any atom is 0.322 e. The number of sulfonamides is 1. The first kappa shape index (κ1) is 14.8. The number of benzene rings is 1. The van der Waals surface area contributed by atoms with E-state index in [-0.39, 0.29) is 28.4 Å². The van der Waals surface area contributed by atoms with Gasteiger partial charge in [0.15, 0.2) is 0 Å². The van der Waals surface area contributed by atoms with Crippen LogP contribution in [0.15, 0.2) is 23.1 Å². The van der Waals surface area contributed by atoms with Crippen molar-refractivity contribution in [2.24, 2.45) is 0 Å². The van der Waals surface area contributed by atoms with Gasteiger partial charge in [0, 0.05) is 6.54 Å². The lowest BCUT2D eigenvalue weighted by Crippen LogP contribution is -2.40. The van der Waals surface area contributed by atoms with Crippen molar-refractivity contribution >= 4 is 27.6 Å². The summed E-state index contributed by atoms with van der Waals surface area (Å²) in [4.78, 5) is 10.9. The third-order valence-corrected chi connectivity index (χ3v) is 5.43. The molecule has 0 amide bonds. The minimum Gasteiger partial charge on any atom is -0.480 e. The summed E-state index contributed by atoms with van der Waals surface area (Å²) in [6, 6.07) is 4.75. The molecular weight excluding hydrogens is 304 g/mol. The Balaban J connectivity index is 2.54. The molecule has 0 spiro atoms. The first-order chi connectivity index (χ1) is 9.39. The van der Waals surface area contributed by atoms with Crippen molar-refractivity contribution in [3.8, 4) is 6.07 Å². The van der Waals surface area contributed by atoms with E-state index in [4.69, 9.17) is 22.0 Å². The topological polar surface area (TPSA) is 98.5 Å².